The molecule has 1 fully saturated rings. The summed E-state index contributed by atoms with van der Waals surface area (Å²) in [6, 6.07) is 0. The van der Waals surface area contributed by atoms with Crippen LogP contribution in [0.5, 0.6) is 0 Å². The monoisotopic (exact) mass is 433 g/mol. The Morgan fingerprint density at radius 2 is 1.50 bits per heavy atom. The molecule has 30 heavy (non-hydrogen) atoms. The van der Waals surface area contributed by atoms with Crippen LogP contribution in [0, 0.1) is 11.3 Å². The lowest BCUT2D eigenvalue weighted by molar-refractivity contribution is -0.258. The predicted octanol–water partition coefficient (Wildman–Crippen LogP) is 2.84. The van der Waals surface area contributed by atoms with E-state index in [2.05, 4.69) is 0 Å². The zero-order valence-electron chi connectivity index (χ0n) is 19.2. The fraction of sp³-hybridized carbons (Fsp3) is 0.857. The van der Waals surface area contributed by atoms with E-state index in [1.165, 1.54) is 6.92 Å². The van der Waals surface area contributed by atoms with E-state index < -0.39 is 29.4 Å². The molecule has 1 atom stereocenters. The van der Waals surface area contributed by atoms with E-state index in [4.69, 9.17) is 34.6 Å². The lowest BCUT2D eigenvalue weighted by Crippen LogP contribution is -2.48. The number of esters is 2. The van der Waals surface area contributed by atoms with Gasteiger partial charge in [0.1, 0.15) is 0 Å². The number of carboxylic acids is 1. The lowest BCUT2D eigenvalue weighted by atomic mass is 9.74. The van der Waals surface area contributed by atoms with Crippen LogP contribution in [-0.2, 0) is 33.3 Å². The van der Waals surface area contributed by atoms with E-state index in [1.54, 1.807) is 13.8 Å². The summed E-state index contributed by atoms with van der Waals surface area (Å²) in [5.41, 5.74) is 5.21. The number of rotatable bonds is 10. The smallest absolute Gasteiger partial charge is 0.369 e. The van der Waals surface area contributed by atoms with Crippen LogP contribution in [0.1, 0.15) is 73.6 Å². The molecule has 3 N–H and O–H groups in total. The molecule has 0 aromatic carbocycles. The van der Waals surface area contributed by atoms with Crippen LogP contribution in [0.4, 0.5) is 0 Å². The van der Waals surface area contributed by atoms with Gasteiger partial charge in [-0.3, -0.25) is 9.59 Å². The van der Waals surface area contributed by atoms with E-state index in [1.807, 2.05) is 13.8 Å². The van der Waals surface area contributed by atoms with Crippen molar-refractivity contribution in [1.82, 2.24) is 0 Å². The first-order chi connectivity index (χ1) is 14.0. The van der Waals surface area contributed by atoms with Gasteiger partial charge in [-0.1, -0.05) is 33.1 Å². The summed E-state index contributed by atoms with van der Waals surface area (Å²) < 4.78 is 21.9. The van der Waals surface area contributed by atoms with E-state index in [-0.39, 0.29) is 31.6 Å². The molecule has 1 rings (SSSR count). The Labute approximate surface area is 179 Å². The normalized spacial score (nSPS) is 16.8. The minimum Gasteiger partial charge on any atom is -0.481 e. The maximum Gasteiger partial charge on any atom is 0.369 e. The highest BCUT2D eigenvalue weighted by Gasteiger charge is 2.43. The SMILES string of the molecule is CC(=O)O.CCOC(C)(OCC)C(=O)OC(OC(=O)C1(CN)CCCCC1)C(C)C. The number of nitrogens with two attached hydrogens (primary N) is 1. The van der Waals surface area contributed by atoms with Gasteiger partial charge in [0.15, 0.2) is 0 Å². The van der Waals surface area contributed by atoms with Crippen molar-refractivity contribution < 1.29 is 38.4 Å². The molecular formula is C21H39NO8. The van der Waals surface area contributed by atoms with E-state index in [0.717, 1.165) is 26.2 Å². The zero-order valence-corrected chi connectivity index (χ0v) is 19.2. The molecule has 0 radical (unpaired) electrons. The van der Waals surface area contributed by atoms with Crippen LogP contribution in [-0.4, -0.2) is 54.9 Å². The number of carboxylic acid groups (broad SMARTS) is 1. The molecule has 1 aliphatic rings. The molecule has 0 amide bonds. The molecule has 0 saturated heterocycles. The summed E-state index contributed by atoms with van der Waals surface area (Å²) in [5.74, 6) is -3.67. The summed E-state index contributed by atoms with van der Waals surface area (Å²) in [7, 11) is 0. The van der Waals surface area contributed by atoms with Gasteiger partial charge >= 0.3 is 11.9 Å². The minimum absolute atomic E-state index is 0.214. The first kappa shape index (κ1) is 28.3. The molecule has 0 heterocycles. The fourth-order valence-electron chi connectivity index (χ4n) is 3.17. The van der Waals surface area contributed by atoms with Crippen LogP contribution in [0.2, 0.25) is 0 Å². The van der Waals surface area contributed by atoms with Crippen LogP contribution in [0.3, 0.4) is 0 Å². The number of carbonyl (C=O) groups is 3. The van der Waals surface area contributed by atoms with Gasteiger partial charge < -0.3 is 29.8 Å². The molecule has 9 nitrogen and oxygen atoms in total. The molecule has 0 aliphatic heterocycles. The molecular weight excluding hydrogens is 394 g/mol. The molecule has 0 bridgehead atoms. The van der Waals surface area contributed by atoms with Gasteiger partial charge in [-0.25, -0.2) is 4.79 Å². The number of ether oxygens (including phenoxy) is 4. The molecule has 0 spiro atoms. The Morgan fingerprint density at radius 3 is 1.87 bits per heavy atom. The quantitative estimate of drug-likeness (QED) is 0.394. The van der Waals surface area contributed by atoms with Crippen LogP contribution in [0.25, 0.3) is 0 Å². The van der Waals surface area contributed by atoms with Crippen molar-refractivity contribution in [3.8, 4) is 0 Å². The first-order valence-corrected chi connectivity index (χ1v) is 10.6. The van der Waals surface area contributed by atoms with Gasteiger partial charge in [-0.15, -0.1) is 0 Å². The maximum absolute atomic E-state index is 12.8. The second kappa shape index (κ2) is 13.6. The second-order valence-electron chi connectivity index (χ2n) is 7.80. The van der Waals surface area contributed by atoms with Gasteiger partial charge in [-0.2, -0.15) is 0 Å². The Morgan fingerprint density at radius 1 is 1.03 bits per heavy atom. The third-order valence-corrected chi connectivity index (χ3v) is 4.84. The average Bonchev–Trinajstić information content (AvgIpc) is 2.67. The highest BCUT2D eigenvalue weighted by molar-refractivity contribution is 5.79. The standard InChI is InChI=1S/C19H35NO6.C2H4O2/c1-6-23-18(5,24-7-2)16(21)25-15(14(3)4)26-17(22)19(13-20)11-9-8-10-12-19;1-2(3)4/h14-15H,6-13,20H2,1-5H3;1H3,(H,3,4). The minimum atomic E-state index is -1.53. The molecule has 176 valence electrons. The Hall–Kier alpha value is -1.71. The van der Waals surface area contributed by atoms with Crippen molar-refractivity contribution in [2.45, 2.75) is 85.7 Å². The predicted molar refractivity (Wildman–Crippen MR) is 110 cm³/mol. The van der Waals surface area contributed by atoms with Crippen molar-refractivity contribution >= 4 is 17.9 Å². The topological polar surface area (TPSA) is 134 Å². The number of carbonyl (C=O) groups excluding carboxylic acids is 2. The molecule has 1 saturated carbocycles. The van der Waals surface area contributed by atoms with Crippen molar-refractivity contribution in [2.75, 3.05) is 19.8 Å². The highest BCUT2D eigenvalue weighted by Crippen LogP contribution is 2.37. The van der Waals surface area contributed by atoms with Crippen molar-refractivity contribution in [1.29, 1.82) is 0 Å². The summed E-state index contributed by atoms with van der Waals surface area (Å²) >= 11 is 0. The average molecular weight is 434 g/mol. The van der Waals surface area contributed by atoms with E-state index >= 15 is 0 Å². The number of aliphatic carboxylic acids is 1. The van der Waals surface area contributed by atoms with Gasteiger partial charge in [0.25, 0.3) is 11.8 Å². The molecule has 9 heteroatoms. The summed E-state index contributed by atoms with van der Waals surface area (Å²) in [6.45, 7) is 10.6. The van der Waals surface area contributed by atoms with Crippen molar-refractivity contribution in [3.05, 3.63) is 0 Å². The molecule has 0 aromatic heterocycles. The summed E-state index contributed by atoms with van der Waals surface area (Å²) in [5, 5.41) is 7.42. The van der Waals surface area contributed by atoms with Crippen LogP contribution in [0.15, 0.2) is 0 Å². The third-order valence-electron chi connectivity index (χ3n) is 4.84. The lowest BCUT2D eigenvalue weighted by Gasteiger charge is -2.36. The Kier molecular flexibility index (Phi) is 12.8. The second-order valence-corrected chi connectivity index (χ2v) is 7.80. The van der Waals surface area contributed by atoms with Crippen LogP contribution >= 0.6 is 0 Å². The first-order valence-electron chi connectivity index (χ1n) is 10.6. The third kappa shape index (κ3) is 8.97. The molecule has 0 aromatic rings. The van der Waals surface area contributed by atoms with Crippen molar-refractivity contribution in [2.24, 2.45) is 17.1 Å². The summed E-state index contributed by atoms with van der Waals surface area (Å²) in [4.78, 5) is 34.4. The van der Waals surface area contributed by atoms with E-state index in [0.29, 0.717) is 12.8 Å². The van der Waals surface area contributed by atoms with Crippen molar-refractivity contribution in [3.63, 3.8) is 0 Å². The summed E-state index contributed by atoms with van der Waals surface area (Å²) in [6.07, 6.45) is 3.39. The highest BCUT2D eigenvalue weighted by atomic mass is 16.8. The largest absolute Gasteiger partial charge is 0.481 e. The fourth-order valence-corrected chi connectivity index (χ4v) is 3.17. The van der Waals surface area contributed by atoms with Gasteiger partial charge in [-0.05, 0) is 26.7 Å². The van der Waals surface area contributed by atoms with Gasteiger partial charge in [0.05, 0.1) is 5.41 Å². The van der Waals surface area contributed by atoms with E-state index in [9.17, 15) is 9.59 Å². The zero-order chi connectivity index (χ0) is 23.4. The van der Waals surface area contributed by atoms with Crippen LogP contribution < -0.4 is 5.73 Å². The maximum atomic E-state index is 12.8. The Bertz CT molecular complexity index is 533. The molecule has 1 aliphatic carbocycles. The van der Waals surface area contributed by atoms with Gasteiger partial charge in [0, 0.05) is 39.5 Å². The number of hydrogen-bond acceptors (Lipinski definition) is 8. The Balaban J connectivity index is 0.00000192. The number of hydrogen-bond donors (Lipinski definition) is 2. The van der Waals surface area contributed by atoms with Gasteiger partial charge in [0.2, 0.25) is 6.29 Å². The molecule has 1 unspecified atom stereocenters.